The molecule has 2 atom stereocenters. The normalized spacial score (nSPS) is 15.0. The van der Waals surface area contributed by atoms with Crippen LogP contribution in [0.2, 0.25) is 0 Å². The molecule has 0 aliphatic heterocycles. The van der Waals surface area contributed by atoms with Gasteiger partial charge < -0.3 is 4.74 Å². The summed E-state index contributed by atoms with van der Waals surface area (Å²) < 4.78 is 61.1. The molecule has 1 aromatic carbocycles. The molecule has 0 bridgehead atoms. The minimum atomic E-state index is -3.80. The first-order chi connectivity index (χ1) is 12.8. The first-order valence-corrected chi connectivity index (χ1v) is 12.3. The third kappa shape index (κ3) is 6.58. The summed E-state index contributed by atoms with van der Waals surface area (Å²) in [5.74, 6) is 0.648. The maximum Gasteiger partial charge on any atom is 0.264 e. The molecular formula is C19H31NO6S2. The van der Waals surface area contributed by atoms with Crippen LogP contribution in [0.1, 0.15) is 37.0 Å². The second-order valence-corrected chi connectivity index (χ2v) is 10.2. The average Bonchev–Trinajstić information content (AvgIpc) is 2.58. The lowest BCUT2D eigenvalue weighted by atomic mass is 10.00. The van der Waals surface area contributed by atoms with Gasteiger partial charge in [0.05, 0.1) is 24.9 Å². The maximum absolute atomic E-state index is 13.1. The van der Waals surface area contributed by atoms with Gasteiger partial charge in [-0.05, 0) is 49.4 Å². The summed E-state index contributed by atoms with van der Waals surface area (Å²) in [4.78, 5) is 0.236. The van der Waals surface area contributed by atoms with Crippen LogP contribution in [0.4, 0.5) is 0 Å². The van der Waals surface area contributed by atoms with E-state index in [1.807, 2.05) is 20.8 Å². The molecule has 0 saturated heterocycles. The Bertz CT molecular complexity index is 920. The van der Waals surface area contributed by atoms with Gasteiger partial charge in [0.15, 0.2) is 0 Å². The van der Waals surface area contributed by atoms with E-state index in [9.17, 15) is 16.8 Å². The van der Waals surface area contributed by atoms with Crippen molar-refractivity contribution >= 4 is 20.1 Å². The molecule has 7 nitrogen and oxygen atoms in total. The highest BCUT2D eigenvalue weighted by Crippen LogP contribution is 2.30. The highest BCUT2D eigenvalue weighted by molar-refractivity contribution is 7.89. The van der Waals surface area contributed by atoms with Gasteiger partial charge in [-0.15, -0.1) is 0 Å². The molecule has 160 valence electrons. The highest BCUT2D eigenvalue weighted by atomic mass is 32.2. The molecule has 0 saturated carbocycles. The molecule has 9 heteroatoms. The van der Waals surface area contributed by atoms with E-state index in [0.717, 1.165) is 18.2 Å². The molecule has 1 rings (SSSR count). The zero-order valence-electron chi connectivity index (χ0n) is 17.6. The van der Waals surface area contributed by atoms with E-state index in [1.54, 1.807) is 33.1 Å². The minimum absolute atomic E-state index is 0.00390. The summed E-state index contributed by atoms with van der Waals surface area (Å²) in [5.41, 5.74) is 2.00. The molecule has 0 amide bonds. The number of methoxy groups -OCH3 is 1. The van der Waals surface area contributed by atoms with Crippen LogP contribution in [0, 0.1) is 26.7 Å². The van der Waals surface area contributed by atoms with Gasteiger partial charge in [0.25, 0.3) is 10.1 Å². The zero-order chi connectivity index (χ0) is 21.7. The van der Waals surface area contributed by atoms with E-state index in [0.29, 0.717) is 16.9 Å². The molecule has 1 N–H and O–H groups in total. The molecule has 0 unspecified atom stereocenters. The predicted octanol–water partition coefficient (Wildman–Crippen LogP) is 2.85. The summed E-state index contributed by atoms with van der Waals surface area (Å²) in [5, 5.41) is 0. The molecule has 28 heavy (non-hydrogen) atoms. The number of benzene rings is 1. The topological polar surface area (TPSA) is 98.8 Å². The van der Waals surface area contributed by atoms with Crippen LogP contribution in [0.25, 0.3) is 0 Å². The van der Waals surface area contributed by atoms with Crippen LogP contribution in [0.3, 0.4) is 0 Å². The van der Waals surface area contributed by atoms with Crippen molar-refractivity contribution in [2.24, 2.45) is 5.92 Å². The fourth-order valence-electron chi connectivity index (χ4n) is 2.85. The lowest BCUT2D eigenvalue weighted by molar-refractivity contribution is 0.360. The van der Waals surface area contributed by atoms with Gasteiger partial charge in [0.2, 0.25) is 10.0 Å². The van der Waals surface area contributed by atoms with Crippen molar-refractivity contribution in [3.63, 3.8) is 0 Å². The van der Waals surface area contributed by atoms with Gasteiger partial charge in [-0.3, -0.25) is 4.18 Å². The fourth-order valence-corrected chi connectivity index (χ4v) is 5.00. The summed E-state index contributed by atoms with van der Waals surface area (Å²) in [6.07, 6.45) is 4.86. The first-order valence-electron chi connectivity index (χ1n) is 9.02. The van der Waals surface area contributed by atoms with E-state index < -0.39 is 26.2 Å². The van der Waals surface area contributed by atoms with E-state index in [-0.39, 0.29) is 17.4 Å². The molecular weight excluding hydrogens is 402 g/mol. The first kappa shape index (κ1) is 24.6. The quantitative estimate of drug-likeness (QED) is 0.450. The third-order valence-corrected chi connectivity index (χ3v) is 7.05. The molecule has 0 aliphatic carbocycles. The van der Waals surface area contributed by atoms with Crippen LogP contribution in [-0.4, -0.2) is 42.8 Å². The van der Waals surface area contributed by atoms with Crippen molar-refractivity contribution < 1.29 is 25.8 Å². The van der Waals surface area contributed by atoms with Crippen molar-refractivity contribution in [1.82, 2.24) is 4.72 Å². The Balaban J connectivity index is 3.21. The second-order valence-electron chi connectivity index (χ2n) is 6.92. The number of rotatable bonds is 10. The number of aryl methyl sites for hydroxylation is 1. The van der Waals surface area contributed by atoms with Crippen LogP contribution in [-0.2, 0) is 24.3 Å². The lowest BCUT2D eigenvalue weighted by Gasteiger charge is -2.23. The Kier molecular flexibility index (Phi) is 8.67. The van der Waals surface area contributed by atoms with Gasteiger partial charge in [0.1, 0.15) is 5.75 Å². The van der Waals surface area contributed by atoms with Crippen LogP contribution in [0.5, 0.6) is 5.75 Å². The van der Waals surface area contributed by atoms with Crippen molar-refractivity contribution in [2.45, 2.75) is 52.0 Å². The smallest absolute Gasteiger partial charge is 0.264 e. The van der Waals surface area contributed by atoms with E-state index in [4.69, 9.17) is 4.74 Å². The van der Waals surface area contributed by atoms with E-state index in [2.05, 4.69) is 8.91 Å². The van der Waals surface area contributed by atoms with E-state index in [1.165, 1.54) is 6.08 Å². The average molecular weight is 434 g/mol. The Morgan fingerprint density at radius 2 is 1.75 bits per heavy atom. The molecule has 0 spiro atoms. The summed E-state index contributed by atoms with van der Waals surface area (Å²) in [6.45, 7) is 9.05. The standard InChI is InChI=1S/C19H31NO6S2/c1-8-13(2)17(10-9-11-26-27(7,21)22)20-28(23,24)19-14(3)12-18(25-6)15(4)16(19)5/h9-10,12-13,17,20H,8,11H2,1-7H3/b10-9+/t13-,17+/m0/s1. The zero-order valence-corrected chi connectivity index (χ0v) is 19.2. The third-order valence-electron chi connectivity index (χ3n) is 4.74. The van der Waals surface area contributed by atoms with E-state index >= 15 is 0 Å². The van der Waals surface area contributed by atoms with Gasteiger partial charge in [-0.2, -0.15) is 8.42 Å². The number of sulfonamides is 1. The largest absolute Gasteiger partial charge is 0.496 e. The monoisotopic (exact) mass is 433 g/mol. The van der Waals surface area contributed by atoms with Gasteiger partial charge in [-0.1, -0.05) is 32.4 Å². The van der Waals surface area contributed by atoms with Crippen molar-refractivity contribution in [1.29, 1.82) is 0 Å². The summed E-state index contributed by atoms with van der Waals surface area (Å²) in [6, 6.07) is 1.21. The molecule has 0 radical (unpaired) electrons. The summed E-state index contributed by atoms with van der Waals surface area (Å²) in [7, 11) is -5.80. The predicted molar refractivity (Wildman–Crippen MR) is 111 cm³/mol. The Morgan fingerprint density at radius 3 is 2.25 bits per heavy atom. The maximum atomic E-state index is 13.1. The highest BCUT2D eigenvalue weighted by Gasteiger charge is 2.26. The Morgan fingerprint density at radius 1 is 1.14 bits per heavy atom. The Labute approximate surface area is 169 Å². The van der Waals surface area contributed by atoms with Gasteiger partial charge in [-0.25, -0.2) is 13.1 Å². The van der Waals surface area contributed by atoms with Crippen LogP contribution >= 0.6 is 0 Å². The molecule has 0 aliphatic rings. The van der Waals surface area contributed by atoms with Crippen molar-refractivity contribution in [3.8, 4) is 5.75 Å². The second kappa shape index (κ2) is 9.87. The number of hydrogen-bond acceptors (Lipinski definition) is 6. The van der Waals surface area contributed by atoms with Gasteiger partial charge in [0, 0.05) is 6.04 Å². The lowest BCUT2D eigenvalue weighted by Crippen LogP contribution is -2.38. The number of nitrogens with one attached hydrogen (secondary N) is 1. The Hall–Kier alpha value is -1.42. The fraction of sp³-hybridized carbons (Fsp3) is 0.579. The van der Waals surface area contributed by atoms with Crippen molar-refractivity contribution in [3.05, 3.63) is 34.9 Å². The van der Waals surface area contributed by atoms with Crippen LogP contribution in [0.15, 0.2) is 23.1 Å². The van der Waals surface area contributed by atoms with Crippen LogP contribution < -0.4 is 9.46 Å². The molecule has 0 fully saturated rings. The van der Waals surface area contributed by atoms with Gasteiger partial charge >= 0.3 is 0 Å². The molecule has 0 aromatic heterocycles. The number of ether oxygens (including phenoxy) is 1. The SMILES string of the molecule is CC[C@H](C)[C@@H](/C=C/COS(C)(=O)=O)NS(=O)(=O)c1c(C)cc(OC)c(C)c1C. The molecule has 0 heterocycles. The summed E-state index contributed by atoms with van der Waals surface area (Å²) >= 11 is 0. The van der Waals surface area contributed by atoms with Crippen molar-refractivity contribution in [2.75, 3.05) is 20.0 Å². The number of hydrogen-bond donors (Lipinski definition) is 1. The minimum Gasteiger partial charge on any atom is -0.496 e. The molecule has 1 aromatic rings.